The molecule has 1 aromatic heterocycles. The zero-order valence-corrected chi connectivity index (χ0v) is 13.5. The van der Waals surface area contributed by atoms with Crippen molar-refractivity contribution in [2.75, 3.05) is 6.54 Å². The predicted molar refractivity (Wildman–Crippen MR) is 88.5 cm³/mol. The second-order valence-corrected chi connectivity index (χ2v) is 6.96. The Morgan fingerprint density at radius 1 is 1.32 bits per heavy atom. The van der Waals surface area contributed by atoms with Gasteiger partial charge in [-0.15, -0.1) is 11.3 Å². The van der Waals surface area contributed by atoms with E-state index in [1.165, 1.54) is 11.3 Å². The molecule has 2 fully saturated rings. The Bertz CT molecular complexity index is 553. The van der Waals surface area contributed by atoms with Crippen molar-refractivity contribution in [3.05, 3.63) is 28.5 Å². The van der Waals surface area contributed by atoms with E-state index in [0.29, 0.717) is 12.8 Å². The SMILES string of the molecule is O=C1CC[C@H](C(=O)N2CCCCC[C@@H]2/C=C/c2cccs2)N1. The fraction of sp³-hybridized carbons (Fsp3) is 0.529. The first-order valence-electron chi connectivity index (χ1n) is 8.05. The van der Waals surface area contributed by atoms with Gasteiger partial charge in [-0.05, 0) is 36.8 Å². The summed E-state index contributed by atoms with van der Waals surface area (Å²) < 4.78 is 0. The summed E-state index contributed by atoms with van der Waals surface area (Å²) in [5.74, 6) is 0.0902. The molecule has 0 spiro atoms. The number of nitrogens with one attached hydrogen (secondary N) is 1. The van der Waals surface area contributed by atoms with E-state index in [-0.39, 0.29) is 23.9 Å². The van der Waals surface area contributed by atoms with E-state index in [0.717, 1.165) is 25.8 Å². The number of amides is 2. The quantitative estimate of drug-likeness (QED) is 0.931. The number of thiophene rings is 1. The molecule has 0 bridgehead atoms. The molecule has 3 rings (SSSR count). The predicted octanol–water partition coefficient (Wildman–Crippen LogP) is 2.81. The van der Waals surface area contributed by atoms with Gasteiger partial charge in [-0.1, -0.05) is 25.0 Å². The third-order valence-corrected chi connectivity index (χ3v) is 5.24. The molecule has 0 aliphatic carbocycles. The minimum absolute atomic E-state index is 0.00107. The zero-order chi connectivity index (χ0) is 15.4. The molecular formula is C17H22N2O2S. The van der Waals surface area contributed by atoms with Crippen LogP contribution in [0, 0.1) is 0 Å². The van der Waals surface area contributed by atoms with Crippen LogP contribution in [0.3, 0.4) is 0 Å². The third kappa shape index (κ3) is 3.58. The van der Waals surface area contributed by atoms with Crippen LogP contribution in [0.4, 0.5) is 0 Å². The lowest BCUT2D eigenvalue weighted by Gasteiger charge is -2.30. The van der Waals surface area contributed by atoms with Crippen molar-refractivity contribution in [1.29, 1.82) is 0 Å². The molecule has 2 saturated heterocycles. The molecular weight excluding hydrogens is 296 g/mol. The number of likely N-dealkylation sites (tertiary alicyclic amines) is 1. The molecule has 22 heavy (non-hydrogen) atoms. The maximum atomic E-state index is 12.8. The van der Waals surface area contributed by atoms with Gasteiger partial charge in [-0.25, -0.2) is 0 Å². The first-order valence-corrected chi connectivity index (χ1v) is 8.93. The fourth-order valence-electron chi connectivity index (χ4n) is 3.20. The molecule has 2 aliphatic rings. The number of nitrogens with zero attached hydrogens (tertiary/aromatic N) is 1. The monoisotopic (exact) mass is 318 g/mol. The minimum atomic E-state index is -0.316. The highest BCUT2D eigenvalue weighted by Gasteiger charge is 2.33. The van der Waals surface area contributed by atoms with E-state index in [1.807, 2.05) is 11.0 Å². The fourth-order valence-corrected chi connectivity index (χ4v) is 3.83. The van der Waals surface area contributed by atoms with Gasteiger partial charge in [-0.2, -0.15) is 0 Å². The zero-order valence-electron chi connectivity index (χ0n) is 12.7. The van der Waals surface area contributed by atoms with Gasteiger partial charge >= 0.3 is 0 Å². The van der Waals surface area contributed by atoms with Crippen LogP contribution in [0.15, 0.2) is 23.6 Å². The molecule has 118 valence electrons. The molecule has 1 aromatic rings. The van der Waals surface area contributed by atoms with Crippen molar-refractivity contribution in [2.45, 2.75) is 50.6 Å². The Hall–Kier alpha value is -1.62. The van der Waals surface area contributed by atoms with Crippen LogP contribution in [0.5, 0.6) is 0 Å². The molecule has 1 N–H and O–H groups in total. The Labute approximate surface area is 135 Å². The molecule has 2 amide bonds. The van der Waals surface area contributed by atoms with Crippen LogP contribution in [0.25, 0.3) is 6.08 Å². The maximum Gasteiger partial charge on any atom is 0.245 e. The van der Waals surface area contributed by atoms with Crippen LogP contribution in [0.2, 0.25) is 0 Å². The van der Waals surface area contributed by atoms with Crippen LogP contribution >= 0.6 is 11.3 Å². The normalized spacial score (nSPS) is 26.2. The van der Waals surface area contributed by atoms with Crippen LogP contribution < -0.4 is 5.32 Å². The van der Waals surface area contributed by atoms with E-state index >= 15 is 0 Å². The second-order valence-electron chi connectivity index (χ2n) is 5.98. The Morgan fingerprint density at radius 3 is 2.95 bits per heavy atom. The number of rotatable bonds is 3. The van der Waals surface area contributed by atoms with Crippen molar-refractivity contribution < 1.29 is 9.59 Å². The smallest absolute Gasteiger partial charge is 0.245 e. The van der Waals surface area contributed by atoms with Gasteiger partial charge in [0.25, 0.3) is 0 Å². The van der Waals surface area contributed by atoms with Gasteiger partial charge in [0.15, 0.2) is 0 Å². The average molecular weight is 318 g/mol. The van der Waals surface area contributed by atoms with Gasteiger partial charge in [0.05, 0.1) is 6.04 Å². The summed E-state index contributed by atoms with van der Waals surface area (Å²) in [4.78, 5) is 27.3. The molecule has 4 nitrogen and oxygen atoms in total. The Morgan fingerprint density at radius 2 is 2.23 bits per heavy atom. The molecule has 0 unspecified atom stereocenters. The number of hydrogen-bond donors (Lipinski definition) is 1. The minimum Gasteiger partial charge on any atom is -0.344 e. The third-order valence-electron chi connectivity index (χ3n) is 4.40. The van der Waals surface area contributed by atoms with Gasteiger partial charge in [0.2, 0.25) is 11.8 Å². The van der Waals surface area contributed by atoms with E-state index in [4.69, 9.17) is 0 Å². The average Bonchev–Trinajstić information content (AvgIpc) is 3.12. The van der Waals surface area contributed by atoms with Crippen molar-refractivity contribution >= 4 is 29.2 Å². The summed E-state index contributed by atoms with van der Waals surface area (Å²) in [6, 6.07) is 3.95. The van der Waals surface area contributed by atoms with Gasteiger partial charge in [-0.3, -0.25) is 9.59 Å². The van der Waals surface area contributed by atoms with E-state index < -0.39 is 0 Å². The number of carbonyl (C=O) groups is 2. The summed E-state index contributed by atoms with van der Waals surface area (Å²) in [6.07, 6.45) is 9.77. The Balaban J connectivity index is 1.72. The standard InChI is InChI=1S/C17H22N2O2S/c20-16-10-9-15(18-16)17(21)19-11-3-1-2-5-13(19)7-8-14-6-4-12-22-14/h4,6-8,12-13,15H,1-3,5,9-11H2,(H,18,20)/b8-7+/t13-,15-/m1/s1. The molecule has 0 radical (unpaired) electrons. The van der Waals surface area contributed by atoms with Crippen molar-refractivity contribution in [3.63, 3.8) is 0 Å². The van der Waals surface area contributed by atoms with Crippen LogP contribution in [-0.2, 0) is 9.59 Å². The maximum absolute atomic E-state index is 12.8. The van der Waals surface area contributed by atoms with Gasteiger partial charge in [0.1, 0.15) is 6.04 Å². The Kier molecular flexibility index (Phi) is 4.93. The lowest BCUT2D eigenvalue weighted by Crippen LogP contribution is -2.48. The summed E-state index contributed by atoms with van der Waals surface area (Å²) >= 11 is 1.70. The largest absolute Gasteiger partial charge is 0.344 e. The highest BCUT2D eigenvalue weighted by Crippen LogP contribution is 2.22. The second kappa shape index (κ2) is 7.09. The van der Waals surface area contributed by atoms with E-state index in [1.54, 1.807) is 11.3 Å². The van der Waals surface area contributed by atoms with E-state index in [2.05, 4.69) is 28.9 Å². The number of hydrogen-bond acceptors (Lipinski definition) is 3. The highest BCUT2D eigenvalue weighted by atomic mass is 32.1. The molecule has 3 heterocycles. The molecule has 0 aromatic carbocycles. The van der Waals surface area contributed by atoms with Crippen LogP contribution in [0.1, 0.15) is 43.4 Å². The van der Waals surface area contributed by atoms with Crippen LogP contribution in [-0.4, -0.2) is 35.3 Å². The topological polar surface area (TPSA) is 49.4 Å². The summed E-state index contributed by atoms with van der Waals surface area (Å²) in [6.45, 7) is 0.796. The van der Waals surface area contributed by atoms with Crippen molar-refractivity contribution in [2.24, 2.45) is 0 Å². The molecule has 0 saturated carbocycles. The van der Waals surface area contributed by atoms with Crippen molar-refractivity contribution in [1.82, 2.24) is 10.2 Å². The summed E-state index contributed by atoms with van der Waals surface area (Å²) in [5.41, 5.74) is 0. The molecule has 5 heteroatoms. The van der Waals surface area contributed by atoms with Gasteiger partial charge < -0.3 is 10.2 Å². The van der Waals surface area contributed by atoms with E-state index in [9.17, 15) is 9.59 Å². The first kappa shape index (κ1) is 15.3. The first-order chi connectivity index (χ1) is 10.7. The highest BCUT2D eigenvalue weighted by molar-refractivity contribution is 7.10. The molecule has 2 aliphatic heterocycles. The summed E-state index contributed by atoms with van der Waals surface area (Å²) in [7, 11) is 0. The van der Waals surface area contributed by atoms with Crippen molar-refractivity contribution in [3.8, 4) is 0 Å². The lowest BCUT2D eigenvalue weighted by atomic mass is 10.1. The lowest BCUT2D eigenvalue weighted by molar-refractivity contribution is -0.135. The molecule has 2 atom stereocenters. The van der Waals surface area contributed by atoms with Gasteiger partial charge in [0, 0.05) is 17.8 Å². The number of carbonyl (C=O) groups excluding carboxylic acids is 2. The summed E-state index contributed by atoms with van der Waals surface area (Å²) in [5, 5.41) is 4.87.